The molecule has 0 aliphatic carbocycles. The maximum absolute atomic E-state index is 13.3. The van der Waals surface area contributed by atoms with Gasteiger partial charge in [0.15, 0.2) is 16.6 Å². The Kier molecular flexibility index (Phi) is 7.48. The molecule has 6 nitrogen and oxygen atoms in total. The molecule has 1 aliphatic rings. The summed E-state index contributed by atoms with van der Waals surface area (Å²) in [6, 6.07) is 20.4. The molecule has 3 aromatic carbocycles. The Labute approximate surface area is 214 Å². The second-order valence-electron chi connectivity index (χ2n) is 7.79. The molecule has 35 heavy (non-hydrogen) atoms. The average molecular weight is 507 g/mol. The van der Waals surface area contributed by atoms with Crippen LogP contribution in [0.5, 0.6) is 11.5 Å². The van der Waals surface area contributed by atoms with Gasteiger partial charge in [-0.15, -0.1) is 0 Å². The molecule has 4 rings (SSSR count). The average Bonchev–Trinajstić information content (AvgIpc) is 2.86. The summed E-state index contributed by atoms with van der Waals surface area (Å²) in [5, 5.41) is 2.91. The van der Waals surface area contributed by atoms with E-state index >= 15 is 0 Å². The van der Waals surface area contributed by atoms with E-state index in [1.165, 1.54) is 18.1 Å². The predicted octanol–water partition coefficient (Wildman–Crippen LogP) is 5.32. The van der Waals surface area contributed by atoms with Crippen molar-refractivity contribution in [2.45, 2.75) is 20.0 Å². The molecule has 178 valence electrons. The number of rotatable bonds is 7. The van der Waals surface area contributed by atoms with Crippen LogP contribution in [0.2, 0.25) is 5.02 Å². The fraction of sp³-hybridized carbons (Fsp3) is 0.148. The van der Waals surface area contributed by atoms with Gasteiger partial charge in [-0.2, -0.15) is 0 Å². The number of carbonyl (C=O) groups excluding carboxylic acids is 2. The van der Waals surface area contributed by atoms with Crippen molar-refractivity contribution >= 4 is 52.5 Å². The van der Waals surface area contributed by atoms with Gasteiger partial charge < -0.3 is 9.47 Å². The SMILES string of the molecule is CCc1ccc(N2C(=O)/C(=C/c3cc(Cl)c(OCc4ccccc4)c(OC)c3)C(=O)NC2=S)cc1. The molecule has 0 atom stereocenters. The molecular weight excluding hydrogens is 484 g/mol. The molecule has 2 amide bonds. The van der Waals surface area contributed by atoms with E-state index in [0.717, 1.165) is 17.5 Å². The van der Waals surface area contributed by atoms with Crippen LogP contribution < -0.4 is 19.7 Å². The molecule has 1 fully saturated rings. The van der Waals surface area contributed by atoms with Crippen molar-refractivity contribution in [2.75, 3.05) is 12.0 Å². The lowest BCUT2D eigenvalue weighted by molar-refractivity contribution is -0.122. The first-order valence-corrected chi connectivity index (χ1v) is 11.7. The normalized spacial score (nSPS) is 14.8. The van der Waals surface area contributed by atoms with Gasteiger partial charge in [-0.25, -0.2) is 0 Å². The second kappa shape index (κ2) is 10.7. The molecule has 1 heterocycles. The standard InChI is InChI=1S/C27H23ClN2O4S/c1-3-17-9-11-20(12-10-17)30-26(32)21(25(31)29-27(30)35)13-19-14-22(28)24(23(15-19)33-2)34-16-18-7-5-4-6-8-18/h4-15H,3,16H2,1-2H3,(H,29,31,35)/b21-13+. The molecule has 0 saturated carbocycles. The zero-order valence-electron chi connectivity index (χ0n) is 19.2. The Balaban J connectivity index is 1.63. The van der Waals surface area contributed by atoms with E-state index in [9.17, 15) is 9.59 Å². The molecule has 0 radical (unpaired) electrons. The van der Waals surface area contributed by atoms with Crippen molar-refractivity contribution in [2.24, 2.45) is 0 Å². The highest BCUT2D eigenvalue weighted by Gasteiger charge is 2.34. The Morgan fingerprint density at radius 2 is 1.74 bits per heavy atom. The summed E-state index contributed by atoms with van der Waals surface area (Å²) in [6.07, 6.45) is 2.33. The third kappa shape index (κ3) is 5.37. The first kappa shape index (κ1) is 24.4. The lowest BCUT2D eigenvalue weighted by atomic mass is 10.1. The molecule has 1 N–H and O–H groups in total. The van der Waals surface area contributed by atoms with E-state index in [4.69, 9.17) is 33.3 Å². The van der Waals surface area contributed by atoms with Crippen molar-refractivity contribution in [1.29, 1.82) is 0 Å². The second-order valence-corrected chi connectivity index (χ2v) is 8.58. The van der Waals surface area contributed by atoms with Gasteiger partial charge in [-0.05, 0) is 65.7 Å². The van der Waals surface area contributed by atoms with Crippen LogP contribution in [0, 0.1) is 0 Å². The number of carbonyl (C=O) groups is 2. The molecule has 0 unspecified atom stereocenters. The highest BCUT2D eigenvalue weighted by molar-refractivity contribution is 7.80. The van der Waals surface area contributed by atoms with Gasteiger partial charge in [0.05, 0.1) is 17.8 Å². The number of halogens is 1. The highest BCUT2D eigenvalue weighted by Crippen LogP contribution is 2.38. The van der Waals surface area contributed by atoms with Crippen molar-refractivity contribution in [3.8, 4) is 11.5 Å². The Bertz CT molecular complexity index is 1310. The van der Waals surface area contributed by atoms with Crippen LogP contribution in [0.1, 0.15) is 23.6 Å². The maximum atomic E-state index is 13.3. The lowest BCUT2D eigenvalue weighted by Crippen LogP contribution is -2.54. The number of anilines is 1. The monoisotopic (exact) mass is 506 g/mol. The number of ether oxygens (including phenoxy) is 2. The summed E-state index contributed by atoms with van der Waals surface area (Å²) in [5.74, 6) is -0.353. The van der Waals surface area contributed by atoms with Gasteiger partial charge in [-0.1, -0.05) is 61.0 Å². The van der Waals surface area contributed by atoms with Crippen LogP contribution in [0.15, 0.2) is 72.3 Å². The Hall–Kier alpha value is -3.68. The van der Waals surface area contributed by atoms with Gasteiger partial charge in [0.25, 0.3) is 11.8 Å². The molecule has 3 aromatic rings. The van der Waals surface area contributed by atoms with Crippen LogP contribution in [-0.2, 0) is 22.6 Å². The molecule has 1 saturated heterocycles. The Morgan fingerprint density at radius 3 is 2.40 bits per heavy atom. The number of amides is 2. The summed E-state index contributed by atoms with van der Waals surface area (Å²) in [7, 11) is 1.50. The summed E-state index contributed by atoms with van der Waals surface area (Å²) in [4.78, 5) is 27.3. The van der Waals surface area contributed by atoms with Gasteiger partial charge in [0.1, 0.15) is 12.2 Å². The zero-order valence-corrected chi connectivity index (χ0v) is 20.8. The summed E-state index contributed by atoms with van der Waals surface area (Å²) in [6.45, 7) is 2.35. The minimum absolute atomic E-state index is 0.0293. The molecule has 0 bridgehead atoms. The Morgan fingerprint density at radius 1 is 1.03 bits per heavy atom. The van der Waals surface area contributed by atoms with E-state index in [0.29, 0.717) is 34.4 Å². The summed E-state index contributed by atoms with van der Waals surface area (Å²) < 4.78 is 11.4. The quantitative estimate of drug-likeness (QED) is 0.267. The maximum Gasteiger partial charge on any atom is 0.270 e. The molecule has 8 heteroatoms. The zero-order chi connectivity index (χ0) is 24.9. The van der Waals surface area contributed by atoms with Gasteiger partial charge in [-0.3, -0.25) is 19.8 Å². The van der Waals surface area contributed by atoms with Gasteiger partial charge >= 0.3 is 0 Å². The third-order valence-electron chi connectivity index (χ3n) is 5.49. The molecule has 1 aliphatic heterocycles. The van der Waals surface area contributed by atoms with E-state index in [1.807, 2.05) is 49.4 Å². The third-order valence-corrected chi connectivity index (χ3v) is 6.06. The van der Waals surface area contributed by atoms with Crippen LogP contribution in [0.25, 0.3) is 6.08 Å². The lowest BCUT2D eigenvalue weighted by Gasteiger charge is -2.29. The van der Waals surface area contributed by atoms with Crippen LogP contribution in [0.3, 0.4) is 0 Å². The summed E-state index contributed by atoms with van der Waals surface area (Å²) in [5.41, 5.74) is 3.11. The predicted molar refractivity (Wildman–Crippen MR) is 141 cm³/mol. The topological polar surface area (TPSA) is 67.9 Å². The number of benzene rings is 3. The van der Waals surface area contributed by atoms with Crippen molar-refractivity contribution in [1.82, 2.24) is 5.32 Å². The van der Waals surface area contributed by atoms with Gasteiger partial charge in [0.2, 0.25) is 0 Å². The van der Waals surface area contributed by atoms with Crippen molar-refractivity contribution in [3.63, 3.8) is 0 Å². The highest BCUT2D eigenvalue weighted by atomic mass is 35.5. The first-order chi connectivity index (χ1) is 16.9. The van der Waals surface area contributed by atoms with E-state index in [-0.39, 0.29) is 10.7 Å². The smallest absolute Gasteiger partial charge is 0.270 e. The fourth-order valence-electron chi connectivity index (χ4n) is 3.63. The number of hydrogen-bond donors (Lipinski definition) is 1. The van der Waals surface area contributed by atoms with Crippen molar-refractivity contribution in [3.05, 3.63) is 94.0 Å². The molecule has 0 spiro atoms. The summed E-state index contributed by atoms with van der Waals surface area (Å²) >= 11 is 11.8. The minimum Gasteiger partial charge on any atom is -0.493 e. The van der Waals surface area contributed by atoms with E-state index in [2.05, 4.69) is 5.32 Å². The van der Waals surface area contributed by atoms with Crippen molar-refractivity contribution < 1.29 is 19.1 Å². The number of methoxy groups -OCH3 is 1. The molecule has 0 aromatic heterocycles. The van der Waals surface area contributed by atoms with Crippen LogP contribution in [-0.4, -0.2) is 24.0 Å². The number of nitrogens with zero attached hydrogens (tertiary/aromatic N) is 1. The first-order valence-electron chi connectivity index (χ1n) is 11.0. The fourth-order valence-corrected chi connectivity index (χ4v) is 4.19. The largest absolute Gasteiger partial charge is 0.493 e. The van der Waals surface area contributed by atoms with Crippen LogP contribution in [0.4, 0.5) is 5.69 Å². The van der Waals surface area contributed by atoms with E-state index < -0.39 is 11.8 Å². The minimum atomic E-state index is -0.582. The number of aryl methyl sites for hydroxylation is 1. The van der Waals surface area contributed by atoms with E-state index in [1.54, 1.807) is 24.3 Å². The number of nitrogens with one attached hydrogen (secondary N) is 1. The molecular formula is C27H23ClN2O4S. The van der Waals surface area contributed by atoms with Gasteiger partial charge in [0, 0.05) is 0 Å². The van der Waals surface area contributed by atoms with Crippen LogP contribution >= 0.6 is 23.8 Å². The number of thiocarbonyl (C=S) groups is 1. The number of hydrogen-bond acceptors (Lipinski definition) is 5.